The zero-order valence-electron chi connectivity index (χ0n) is 14.0. The monoisotopic (exact) mass is 354 g/mol. The minimum atomic E-state index is -0.687. The average molecular weight is 354 g/mol. The van der Waals surface area contributed by atoms with E-state index in [9.17, 15) is 4.79 Å². The molecule has 2 heterocycles. The van der Waals surface area contributed by atoms with Crippen molar-refractivity contribution in [3.63, 3.8) is 0 Å². The Kier molecular flexibility index (Phi) is 4.05. The molecule has 0 radical (unpaired) electrons. The van der Waals surface area contributed by atoms with Gasteiger partial charge in [-0.3, -0.25) is 10.1 Å². The number of nitrogens with zero attached hydrogens (tertiary/aromatic N) is 1. The van der Waals surface area contributed by atoms with Gasteiger partial charge in [0.2, 0.25) is 6.10 Å². The summed E-state index contributed by atoms with van der Waals surface area (Å²) < 4.78 is 12.4. The Morgan fingerprint density at radius 2 is 2.04 bits per heavy atom. The normalized spacial score (nSPS) is 16.2. The lowest BCUT2D eigenvalue weighted by molar-refractivity contribution is -0.125. The SMILES string of the molecule is CC(C)c1ccc2nc(NC(=O)[C@@H]3COc4ccccc4O3)sc2c1. The lowest BCUT2D eigenvalue weighted by Gasteiger charge is -2.25. The molecule has 0 unspecified atom stereocenters. The number of thiazole rings is 1. The summed E-state index contributed by atoms with van der Waals surface area (Å²) in [6, 6.07) is 13.5. The molecular formula is C19H18N2O3S. The van der Waals surface area contributed by atoms with Crippen molar-refractivity contribution in [3.05, 3.63) is 48.0 Å². The zero-order chi connectivity index (χ0) is 17.4. The fraction of sp³-hybridized carbons (Fsp3) is 0.263. The molecule has 0 saturated carbocycles. The van der Waals surface area contributed by atoms with Crippen molar-refractivity contribution in [1.82, 2.24) is 4.98 Å². The van der Waals surface area contributed by atoms with E-state index in [0.717, 1.165) is 10.2 Å². The van der Waals surface area contributed by atoms with E-state index in [0.29, 0.717) is 22.5 Å². The number of para-hydroxylation sites is 2. The first-order valence-corrected chi connectivity index (χ1v) is 9.01. The fourth-order valence-electron chi connectivity index (χ4n) is 2.69. The van der Waals surface area contributed by atoms with Crippen LogP contribution in [-0.4, -0.2) is 23.6 Å². The smallest absolute Gasteiger partial charge is 0.270 e. The number of benzene rings is 2. The van der Waals surface area contributed by atoms with Gasteiger partial charge in [0, 0.05) is 0 Å². The van der Waals surface area contributed by atoms with Crippen LogP contribution in [0.4, 0.5) is 5.13 Å². The van der Waals surface area contributed by atoms with Crippen molar-refractivity contribution in [2.24, 2.45) is 0 Å². The standard InChI is InChI=1S/C19H18N2O3S/c1-11(2)12-7-8-13-17(9-12)25-19(20-13)21-18(22)16-10-23-14-5-3-4-6-15(14)24-16/h3-9,11,16H,10H2,1-2H3,(H,20,21,22)/t16-/m0/s1. The van der Waals surface area contributed by atoms with Gasteiger partial charge in [0.1, 0.15) is 6.61 Å². The molecule has 1 aliphatic rings. The van der Waals surface area contributed by atoms with E-state index in [4.69, 9.17) is 9.47 Å². The van der Waals surface area contributed by atoms with E-state index in [2.05, 4.69) is 36.3 Å². The van der Waals surface area contributed by atoms with Crippen molar-refractivity contribution in [2.45, 2.75) is 25.9 Å². The van der Waals surface area contributed by atoms with Crippen molar-refractivity contribution in [2.75, 3.05) is 11.9 Å². The number of ether oxygens (including phenoxy) is 2. The van der Waals surface area contributed by atoms with E-state index >= 15 is 0 Å². The summed E-state index contributed by atoms with van der Waals surface area (Å²) in [5.41, 5.74) is 2.14. The number of hydrogen-bond donors (Lipinski definition) is 1. The van der Waals surface area contributed by atoms with Crippen LogP contribution >= 0.6 is 11.3 Å². The van der Waals surface area contributed by atoms with E-state index < -0.39 is 6.10 Å². The Balaban J connectivity index is 1.50. The second kappa shape index (κ2) is 6.37. The predicted molar refractivity (Wildman–Crippen MR) is 98.7 cm³/mol. The summed E-state index contributed by atoms with van der Waals surface area (Å²) in [6.45, 7) is 4.50. The van der Waals surface area contributed by atoms with Gasteiger partial charge in [0.25, 0.3) is 5.91 Å². The molecule has 128 valence electrons. The van der Waals surface area contributed by atoms with Crippen LogP contribution in [0.25, 0.3) is 10.2 Å². The number of carbonyl (C=O) groups is 1. The first-order chi connectivity index (χ1) is 12.1. The summed E-state index contributed by atoms with van der Waals surface area (Å²) in [5, 5.41) is 3.42. The average Bonchev–Trinajstić information content (AvgIpc) is 3.02. The highest BCUT2D eigenvalue weighted by molar-refractivity contribution is 7.22. The summed E-state index contributed by atoms with van der Waals surface area (Å²) >= 11 is 1.47. The Bertz CT molecular complexity index is 935. The number of fused-ring (bicyclic) bond motifs is 2. The molecule has 1 atom stereocenters. The van der Waals surface area contributed by atoms with Gasteiger partial charge in [0.05, 0.1) is 10.2 Å². The van der Waals surface area contributed by atoms with Crippen molar-refractivity contribution >= 4 is 32.6 Å². The molecule has 2 aromatic carbocycles. The first kappa shape index (κ1) is 15.9. The van der Waals surface area contributed by atoms with E-state index in [-0.39, 0.29) is 12.5 Å². The molecule has 0 aliphatic carbocycles. The lowest BCUT2D eigenvalue weighted by Crippen LogP contribution is -2.40. The van der Waals surface area contributed by atoms with Crippen LogP contribution in [0.5, 0.6) is 11.5 Å². The molecule has 0 fully saturated rings. The van der Waals surface area contributed by atoms with Gasteiger partial charge in [0.15, 0.2) is 16.6 Å². The molecule has 5 nitrogen and oxygen atoms in total. The fourth-order valence-corrected chi connectivity index (χ4v) is 3.61. The molecule has 0 bridgehead atoms. The highest BCUT2D eigenvalue weighted by Crippen LogP contribution is 2.32. The third kappa shape index (κ3) is 3.17. The number of hydrogen-bond acceptors (Lipinski definition) is 5. The number of nitrogens with one attached hydrogen (secondary N) is 1. The van der Waals surface area contributed by atoms with Crippen LogP contribution in [0.3, 0.4) is 0 Å². The third-order valence-corrected chi connectivity index (χ3v) is 5.04. The second-order valence-electron chi connectivity index (χ2n) is 6.25. The van der Waals surface area contributed by atoms with Crippen LogP contribution in [0.2, 0.25) is 0 Å². The first-order valence-electron chi connectivity index (χ1n) is 8.20. The molecule has 1 amide bonds. The van der Waals surface area contributed by atoms with Crippen molar-refractivity contribution in [1.29, 1.82) is 0 Å². The quantitative estimate of drug-likeness (QED) is 0.766. The molecule has 6 heteroatoms. The van der Waals surface area contributed by atoms with Gasteiger partial charge in [-0.2, -0.15) is 0 Å². The van der Waals surface area contributed by atoms with Crippen molar-refractivity contribution < 1.29 is 14.3 Å². The molecule has 0 saturated heterocycles. The van der Waals surface area contributed by atoms with Crippen LogP contribution in [0, 0.1) is 0 Å². The maximum Gasteiger partial charge on any atom is 0.270 e. The van der Waals surface area contributed by atoms with Crippen LogP contribution in [0.15, 0.2) is 42.5 Å². The van der Waals surface area contributed by atoms with Gasteiger partial charge in [-0.1, -0.05) is 43.4 Å². The summed E-state index contributed by atoms with van der Waals surface area (Å²) in [4.78, 5) is 17.0. The highest BCUT2D eigenvalue weighted by atomic mass is 32.1. The Hall–Kier alpha value is -2.60. The molecular weight excluding hydrogens is 336 g/mol. The summed E-state index contributed by atoms with van der Waals surface area (Å²) in [7, 11) is 0. The maximum atomic E-state index is 12.5. The molecule has 3 aromatic rings. The highest BCUT2D eigenvalue weighted by Gasteiger charge is 2.28. The predicted octanol–water partition coefficient (Wildman–Crippen LogP) is 4.20. The lowest BCUT2D eigenvalue weighted by atomic mass is 10.0. The van der Waals surface area contributed by atoms with Gasteiger partial charge in [-0.15, -0.1) is 0 Å². The molecule has 1 aromatic heterocycles. The maximum absolute atomic E-state index is 12.5. The zero-order valence-corrected chi connectivity index (χ0v) is 14.8. The van der Waals surface area contributed by atoms with E-state index in [1.54, 1.807) is 6.07 Å². The van der Waals surface area contributed by atoms with Crippen molar-refractivity contribution in [3.8, 4) is 11.5 Å². The molecule has 1 N–H and O–H groups in total. The minimum Gasteiger partial charge on any atom is -0.485 e. The van der Waals surface area contributed by atoms with Gasteiger partial charge in [-0.05, 0) is 35.7 Å². The summed E-state index contributed by atoms with van der Waals surface area (Å²) in [5.74, 6) is 1.45. The molecule has 4 rings (SSSR count). The molecule has 1 aliphatic heterocycles. The molecule has 0 spiro atoms. The van der Waals surface area contributed by atoms with Crippen LogP contribution < -0.4 is 14.8 Å². The Morgan fingerprint density at radius 3 is 2.84 bits per heavy atom. The number of aromatic nitrogens is 1. The minimum absolute atomic E-state index is 0.186. The largest absolute Gasteiger partial charge is 0.485 e. The molecule has 25 heavy (non-hydrogen) atoms. The van der Waals surface area contributed by atoms with Crippen LogP contribution in [-0.2, 0) is 4.79 Å². The number of rotatable bonds is 3. The third-order valence-electron chi connectivity index (χ3n) is 4.11. The number of carbonyl (C=O) groups excluding carboxylic acids is 1. The Labute approximate surface area is 149 Å². The Morgan fingerprint density at radius 1 is 1.24 bits per heavy atom. The van der Waals surface area contributed by atoms with Crippen LogP contribution in [0.1, 0.15) is 25.3 Å². The summed E-state index contributed by atoms with van der Waals surface area (Å²) in [6.07, 6.45) is -0.687. The number of anilines is 1. The van der Waals surface area contributed by atoms with E-state index in [1.807, 2.05) is 24.3 Å². The van der Waals surface area contributed by atoms with E-state index in [1.165, 1.54) is 16.9 Å². The van der Waals surface area contributed by atoms with Gasteiger partial charge >= 0.3 is 0 Å². The number of amides is 1. The van der Waals surface area contributed by atoms with Gasteiger partial charge < -0.3 is 9.47 Å². The topological polar surface area (TPSA) is 60.5 Å². The van der Waals surface area contributed by atoms with Gasteiger partial charge in [-0.25, -0.2) is 4.98 Å². The second-order valence-corrected chi connectivity index (χ2v) is 7.29.